The summed E-state index contributed by atoms with van der Waals surface area (Å²) in [5.74, 6) is 0.189. The van der Waals surface area contributed by atoms with Crippen LogP contribution in [0.15, 0.2) is 41.1 Å². The number of carbonyl (C=O) groups is 1. The molecule has 0 saturated heterocycles. The van der Waals surface area contributed by atoms with E-state index >= 15 is 4.79 Å². The molecule has 0 aliphatic carbocycles. The van der Waals surface area contributed by atoms with Gasteiger partial charge in [-0.3, -0.25) is 9.78 Å². The van der Waals surface area contributed by atoms with Gasteiger partial charge in [0.05, 0.1) is 24.0 Å². The number of carbonyl (C=O) groups excluding carboxylic acids is 1. The Morgan fingerprint density at radius 2 is 1.22 bits per heavy atom. The van der Waals surface area contributed by atoms with E-state index in [4.69, 9.17) is 29.3 Å². The molecule has 0 aromatic carbocycles. The molecule has 0 bridgehead atoms. The molecule has 1 rings (SSSR count). The Morgan fingerprint density at radius 3 is 1.68 bits per heavy atom. The topological polar surface area (TPSA) is 66.9 Å². The molecule has 5 atom stereocenters. The van der Waals surface area contributed by atoms with Gasteiger partial charge in [0.2, 0.25) is 0 Å². The van der Waals surface area contributed by atoms with Crippen LogP contribution in [0, 0.1) is 17.3 Å². The van der Waals surface area contributed by atoms with Gasteiger partial charge in [0.15, 0.2) is 33.3 Å². The maximum atomic E-state index is 15.4. The Labute approximate surface area is 399 Å². The van der Waals surface area contributed by atoms with Crippen LogP contribution in [0.25, 0.3) is 6.08 Å². The van der Waals surface area contributed by atoms with Crippen molar-refractivity contribution in [3.05, 3.63) is 46.8 Å². The van der Waals surface area contributed by atoms with Crippen molar-refractivity contribution < 1.29 is 22.5 Å². The van der Waals surface area contributed by atoms with E-state index in [0.29, 0.717) is 24.5 Å². The number of halogens is 1. The summed E-state index contributed by atoms with van der Waals surface area (Å²) in [6.45, 7) is 57.5. The molecule has 0 aliphatic rings. The lowest BCUT2D eigenvalue weighted by atomic mass is 9.71. The second-order valence-corrected chi connectivity index (χ2v) is 45.0. The van der Waals surface area contributed by atoms with E-state index in [2.05, 4.69) is 181 Å². The highest BCUT2D eigenvalue weighted by atomic mass is 35.5. The van der Waals surface area contributed by atoms with Gasteiger partial charge >= 0.3 is 0 Å². The van der Waals surface area contributed by atoms with Gasteiger partial charge in [0.1, 0.15) is 5.78 Å². The lowest BCUT2D eigenvalue weighted by Gasteiger charge is -2.47. The number of pyridine rings is 1. The highest BCUT2D eigenvalue weighted by molar-refractivity contribution is 6.75. The molecule has 63 heavy (non-hydrogen) atoms. The van der Waals surface area contributed by atoms with E-state index in [1.165, 1.54) is 5.57 Å². The number of rotatable bonds is 24. The summed E-state index contributed by atoms with van der Waals surface area (Å²) < 4.78 is 28.4. The van der Waals surface area contributed by atoms with Gasteiger partial charge < -0.3 is 17.7 Å². The first kappa shape index (κ1) is 60.3. The van der Waals surface area contributed by atoms with E-state index in [-0.39, 0.29) is 56.1 Å². The zero-order valence-electron chi connectivity index (χ0n) is 45.7. The van der Waals surface area contributed by atoms with Crippen LogP contribution in [-0.4, -0.2) is 69.0 Å². The molecule has 0 fully saturated rings. The maximum absolute atomic E-state index is 15.4. The fourth-order valence-corrected chi connectivity index (χ4v) is 12.4. The van der Waals surface area contributed by atoms with Crippen LogP contribution < -0.4 is 0 Å². The predicted octanol–water partition coefficient (Wildman–Crippen LogP) is 17.0. The van der Waals surface area contributed by atoms with E-state index in [0.717, 1.165) is 31.4 Å². The zero-order chi connectivity index (χ0) is 49.4. The number of nitrogens with zero attached hydrogens (tertiary/aromatic N) is 1. The number of ketones is 1. The third kappa shape index (κ3) is 17.7. The minimum absolute atomic E-state index is 0.00513. The standard InChI is InChI=1S/C52H100ClNO5Si4/c1-26-42(47(55)52(16,17)45(58-62(22,23)50(10,11)12)35-37-56-60(18,19)48(4,5)6)46(59-63(24,25)51(13,14)15)40(3)31-29-30-39(2)33-34-44(57-61(20,21)49(7,8)9)43(53)38-41-32-27-28-36-54-41/h27-28,32-33,36,38,40,42,44-46H,26,29-31,34-35,37H2,1-25H3/t40-,42+,44-,45-,46-/m0/s1. The number of hydrogen-bond acceptors (Lipinski definition) is 6. The molecule has 0 saturated carbocycles. The maximum Gasteiger partial charge on any atom is 0.192 e. The van der Waals surface area contributed by atoms with Gasteiger partial charge in [0.25, 0.3) is 0 Å². The molecule has 1 heterocycles. The smallest absolute Gasteiger partial charge is 0.192 e. The van der Waals surface area contributed by atoms with Crippen LogP contribution in [-0.2, 0) is 22.5 Å². The van der Waals surface area contributed by atoms with Crippen LogP contribution in [0.2, 0.25) is 72.5 Å². The van der Waals surface area contributed by atoms with Gasteiger partial charge in [-0.25, -0.2) is 0 Å². The minimum Gasteiger partial charge on any atom is -0.417 e. The highest BCUT2D eigenvalue weighted by Gasteiger charge is 2.50. The van der Waals surface area contributed by atoms with Gasteiger partial charge in [-0.2, -0.15) is 0 Å². The molecule has 1 aromatic rings. The lowest BCUT2D eigenvalue weighted by molar-refractivity contribution is -0.142. The average molecular weight is 967 g/mol. The predicted molar refractivity (Wildman–Crippen MR) is 286 cm³/mol. The third-order valence-corrected chi connectivity index (χ3v) is 34.1. The van der Waals surface area contributed by atoms with Gasteiger partial charge in [-0.15, -0.1) is 0 Å². The first-order valence-electron chi connectivity index (χ1n) is 24.3. The fraction of sp³-hybridized carbons (Fsp3) is 0.808. The normalized spacial score (nSPS) is 17.4. The van der Waals surface area contributed by atoms with E-state index in [9.17, 15) is 0 Å². The summed E-state index contributed by atoms with van der Waals surface area (Å²) in [6, 6.07) is 5.87. The molecule has 0 unspecified atom stereocenters. The molecule has 366 valence electrons. The first-order chi connectivity index (χ1) is 28.1. The summed E-state index contributed by atoms with van der Waals surface area (Å²) in [7, 11) is -8.62. The Hall–Kier alpha value is -0.702. The molecular weight excluding hydrogens is 866 g/mol. The summed E-state index contributed by atoms with van der Waals surface area (Å²) in [5, 5.41) is 0.847. The number of hydrogen-bond donors (Lipinski definition) is 0. The van der Waals surface area contributed by atoms with Crippen LogP contribution in [0.3, 0.4) is 0 Å². The third-order valence-electron chi connectivity index (χ3n) is 15.7. The molecular formula is C52H100ClNO5Si4. The highest BCUT2D eigenvalue weighted by Crippen LogP contribution is 2.46. The Kier molecular flexibility index (Phi) is 22.1. The second kappa shape index (κ2) is 23.1. The van der Waals surface area contributed by atoms with Crippen LogP contribution >= 0.6 is 11.6 Å². The molecule has 0 N–H and O–H groups in total. The fourth-order valence-electron chi connectivity index (χ4n) is 6.77. The summed E-state index contributed by atoms with van der Waals surface area (Å²) in [6.07, 6.45) is 10.4. The molecule has 1 aromatic heterocycles. The molecule has 0 spiro atoms. The quantitative estimate of drug-likeness (QED) is 0.0760. The van der Waals surface area contributed by atoms with Crippen molar-refractivity contribution in [1.29, 1.82) is 0 Å². The van der Waals surface area contributed by atoms with Gasteiger partial charge in [-0.1, -0.05) is 140 Å². The number of aromatic nitrogens is 1. The van der Waals surface area contributed by atoms with Crippen molar-refractivity contribution >= 4 is 56.7 Å². The van der Waals surface area contributed by atoms with Crippen molar-refractivity contribution in [1.82, 2.24) is 4.98 Å². The van der Waals surface area contributed by atoms with Gasteiger partial charge in [0, 0.05) is 29.2 Å². The van der Waals surface area contributed by atoms with E-state index in [1.807, 2.05) is 24.3 Å². The van der Waals surface area contributed by atoms with Crippen LogP contribution in [0.5, 0.6) is 0 Å². The van der Waals surface area contributed by atoms with Crippen molar-refractivity contribution in [2.75, 3.05) is 6.61 Å². The number of allylic oxidation sites excluding steroid dienone is 1. The summed E-state index contributed by atoms with van der Waals surface area (Å²) in [4.78, 5) is 19.9. The second-order valence-electron chi connectivity index (χ2n) is 25.5. The molecule has 0 amide bonds. The number of Topliss-reactive ketones (excluding diaryl/α,β-unsaturated/α-hetero) is 1. The zero-order valence-corrected chi connectivity index (χ0v) is 50.4. The largest absolute Gasteiger partial charge is 0.417 e. The molecule has 0 radical (unpaired) electrons. The van der Waals surface area contributed by atoms with Crippen molar-refractivity contribution in [3.8, 4) is 0 Å². The minimum atomic E-state index is -2.26. The Bertz CT molecular complexity index is 1630. The van der Waals surface area contributed by atoms with Crippen LogP contribution in [0.1, 0.15) is 162 Å². The van der Waals surface area contributed by atoms with Crippen molar-refractivity contribution in [2.24, 2.45) is 17.3 Å². The molecule has 11 heteroatoms. The van der Waals surface area contributed by atoms with Crippen molar-refractivity contribution in [3.63, 3.8) is 0 Å². The first-order valence-corrected chi connectivity index (χ1v) is 36.3. The SMILES string of the molecule is CC[C@@H](C(=O)C(C)(C)[C@H](CCO[Si](C)(C)C(C)(C)C)O[Si](C)(C)C(C)(C)C)[C@@H](O[Si](C)(C)C(C)(C)C)[C@@H](C)CCCC(C)=CC[C@H](O[Si](C)(C)C(C)(C)C)C(Cl)=Cc1ccccn1. The van der Waals surface area contributed by atoms with E-state index in [1.54, 1.807) is 6.20 Å². The van der Waals surface area contributed by atoms with E-state index < -0.39 is 38.7 Å². The summed E-state index contributed by atoms with van der Waals surface area (Å²) >= 11 is 7.06. The van der Waals surface area contributed by atoms with Gasteiger partial charge in [-0.05, 0) is 142 Å². The average Bonchev–Trinajstić information content (AvgIpc) is 3.10. The van der Waals surface area contributed by atoms with Crippen LogP contribution in [0.4, 0.5) is 0 Å². The summed E-state index contributed by atoms with van der Waals surface area (Å²) in [5.41, 5.74) is 1.41. The van der Waals surface area contributed by atoms with Crippen molar-refractivity contribution in [2.45, 2.75) is 247 Å². The molecule has 6 nitrogen and oxygen atoms in total. The Morgan fingerprint density at radius 1 is 0.730 bits per heavy atom. The molecule has 0 aliphatic heterocycles. The lowest BCUT2D eigenvalue weighted by Crippen LogP contribution is -2.55. The monoisotopic (exact) mass is 966 g/mol. The Balaban J connectivity index is 3.54.